The number of aryl methyl sites for hydroxylation is 1. The normalized spacial score (nSPS) is 10.4. The van der Waals surface area contributed by atoms with Crippen LogP contribution in [0.3, 0.4) is 0 Å². The molecule has 0 amide bonds. The Morgan fingerprint density at radius 1 is 1.07 bits per heavy atom. The van der Waals surface area contributed by atoms with Crippen LogP contribution in [-0.4, -0.2) is 28.6 Å². The zero-order chi connectivity index (χ0) is 21.0. The van der Waals surface area contributed by atoms with E-state index in [1.165, 1.54) is 18.7 Å². The first-order valence-corrected chi connectivity index (χ1v) is 9.13. The Balaban J connectivity index is 2.15. The number of rotatable bonds is 6. The van der Waals surface area contributed by atoms with Crippen LogP contribution in [0, 0.1) is 0 Å². The molecule has 7 heteroatoms. The number of methoxy groups -OCH3 is 1. The van der Waals surface area contributed by atoms with Gasteiger partial charge in [0.05, 0.1) is 18.2 Å². The van der Waals surface area contributed by atoms with Gasteiger partial charge in [-0.1, -0.05) is 30.3 Å². The molecule has 0 spiro atoms. The number of ketones is 1. The molecule has 1 heterocycles. The third-order valence-electron chi connectivity index (χ3n) is 4.43. The van der Waals surface area contributed by atoms with Crippen molar-refractivity contribution < 1.29 is 14.3 Å². The summed E-state index contributed by atoms with van der Waals surface area (Å²) in [5.41, 5.74) is 2.11. The van der Waals surface area contributed by atoms with Crippen molar-refractivity contribution in [3.63, 3.8) is 0 Å². The van der Waals surface area contributed by atoms with Crippen molar-refractivity contribution in [3.05, 3.63) is 76.1 Å². The molecule has 0 saturated heterocycles. The van der Waals surface area contributed by atoms with E-state index in [1.54, 1.807) is 24.3 Å². The molecule has 0 atom stereocenters. The SMILES string of the molecule is CCn1nc(-c2ccccc2)c(C(C)=O)c(Nc2ccc(C(=O)OC)cc2)c1=O. The molecule has 0 aliphatic heterocycles. The summed E-state index contributed by atoms with van der Waals surface area (Å²) >= 11 is 0. The van der Waals surface area contributed by atoms with Crippen LogP contribution in [-0.2, 0) is 11.3 Å². The summed E-state index contributed by atoms with van der Waals surface area (Å²) in [5, 5.41) is 7.46. The van der Waals surface area contributed by atoms with Gasteiger partial charge in [-0.15, -0.1) is 0 Å². The lowest BCUT2D eigenvalue weighted by molar-refractivity contribution is 0.0600. The first-order valence-electron chi connectivity index (χ1n) is 9.13. The number of anilines is 2. The largest absolute Gasteiger partial charge is 0.465 e. The van der Waals surface area contributed by atoms with Crippen molar-refractivity contribution in [2.75, 3.05) is 12.4 Å². The Kier molecular flexibility index (Phi) is 5.87. The van der Waals surface area contributed by atoms with E-state index in [2.05, 4.69) is 10.4 Å². The number of hydrogen-bond donors (Lipinski definition) is 1. The van der Waals surface area contributed by atoms with E-state index in [4.69, 9.17) is 4.74 Å². The smallest absolute Gasteiger partial charge is 0.337 e. The molecule has 3 aromatic rings. The van der Waals surface area contributed by atoms with Crippen molar-refractivity contribution >= 4 is 23.1 Å². The Labute approximate surface area is 168 Å². The van der Waals surface area contributed by atoms with Crippen molar-refractivity contribution in [2.45, 2.75) is 20.4 Å². The molecule has 2 aromatic carbocycles. The molecule has 1 aromatic heterocycles. The van der Waals surface area contributed by atoms with E-state index in [9.17, 15) is 14.4 Å². The number of benzene rings is 2. The predicted molar refractivity (Wildman–Crippen MR) is 111 cm³/mol. The second-order valence-corrected chi connectivity index (χ2v) is 6.34. The van der Waals surface area contributed by atoms with Gasteiger partial charge in [0.15, 0.2) is 5.78 Å². The predicted octanol–water partition coefficient (Wildman–Crippen LogP) is 3.66. The van der Waals surface area contributed by atoms with Gasteiger partial charge in [0.25, 0.3) is 5.56 Å². The fraction of sp³-hybridized carbons (Fsp3) is 0.182. The summed E-state index contributed by atoms with van der Waals surface area (Å²) in [6.45, 7) is 3.57. The molecule has 7 nitrogen and oxygen atoms in total. The summed E-state index contributed by atoms with van der Waals surface area (Å²) in [4.78, 5) is 37.1. The highest BCUT2D eigenvalue weighted by Crippen LogP contribution is 2.27. The first-order chi connectivity index (χ1) is 14.0. The monoisotopic (exact) mass is 391 g/mol. The molecule has 0 fully saturated rings. The molecule has 1 N–H and O–H groups in total. The number of ether oxygens (including phenoxy) is 1. The van der Waals surface area contributed by atoms with E-state index >= 15 is 0 Å². The number of Topliss-reactive ketones (excluding diaryl/α,β-unsaturated/α-hetero) is 1. The highest BCUT2D eigenvalue weighted by molar-refractivity contribution is 6.05. The van der Waals surface area contributed by atoms with E-state index in [0.717, 1.165) is 5.56 Å². The molecule has 0 aliphatic rings. The molecule has 3 rings (SSSR count). The Morgan fingerprint density at radius 2 is 1.72 bits per heavy atom. The van der Waals surface area contributed by atoms with Gasteiger partial charge in [-0.05, 0) is 38.1 Å². The lowest BCUT2D eigenvalue weighted by Crippen LogP contribution is -2.28. The van der Waals surface area contributed by atoms with Crippen molar-refractivity contribution in [1.29, 1.82) is 0 Å². The third kappa shape index (κ3) is 4.08. The fourth-order valence-corrected chi connectivity index (χ4v) is 2.99. The zero-order valence-corrected chi connectivity index (χ0v) is 16.4. The first kappa shape index (κ1) is 20.0. The van der Waals surface area contributed by atoms with Gasteiger partial charge < -0.3 is 10.1 Å². The Bertz CT molecular complexity index is 1100. The lowest BCUT2D eigenvalue weighted by atomic mass is 10.0. The van der Waals surface area contributed by atoms with Crippen LogP contribution in [0.25, 0.3) is 11.3 Å². The van der Waals surface area contributed by atoms with Crippen LogP contribution >= 0.6 is 0 Å². The van der Waals surface area contributed by atoms with Crippen LogP contribution in [0.2, 0.25) is 0 Å². The number of aromatic nitrogens is 2. The topological polar surface area (TPSA) is 90.3 Å². The molecule has 0 radical (unpaired) electrons. The van der Waals surface area contributed by atoms with Gasteiger partial charge in [-0.25, -0.2) is 9.48 Å². The van der Waals surface area contributed by atoms with Gasteiger partial charge in [0, 0.05) is 17.8 Å². The highest BCUT2D eigenvalue weighted by Gasteiger charge is 2.22. The van der Waals surface area contributed by atoms with Crippen LogP contribution < -0.4 is 10.9 Å². The minimum Gasteiger partial charge on any atom is -0.465 e. The minimum atomic E-state index is -0.454. The van der Waals surface area contributed by atoms with Gasteiger partial charge in [-0.3, -0.25) is 9.59 Å². The second kappa shape index (κ2) is 8.52. The average Bonchev–Trinajstić information content (AvgIpc) is 2.75. The number of nitrogens with zero attached hydrogens (tertiary/aromatic N) is 2. The van der Waals surface area contributed by atoms with Crippen LogP contribution in [0.1, 0.15) is 34.6 Å². The third-order valence-corrected chi connectivity index (χ3v) is 4.43. The van der Waals surface area contributed by atoms with E-state index in [1.807, 2.05) is 37.3 Å². The number of esters is 1. The number of hydrogen-bond acceptors (Lipinski definition) is 6. The van der Waals surface area contributed by atoms with Gasteiger partial charge >= 0.3 is 5.97 Å². The number of carbonyl (C=O) groups is 2. The van der Waals surface area contributed by atoms with E-state index in [0.29, 0.717) is 23.5 Å². The van der Waals surface area contributed by atoms with Gasteiger partial charge in [-0.2, -0.15) is 5.10 Å². The zero-order valence-electron chi connectivity index (χ0n) is 16.4. The Hall–Kier alpha value is -3.74. The van der Waals surface area contributed by atoms with Crippen LogP contribution in [0.15, 0.2) is 59.4 Å². The molecule has 148 valence electrons. The summed E-state index contributed by atoms with van der Waals surface area (Å²) in [5.74, 6) is -0.727. The summed E-state index contributed by atoms with van der Waals surface area (Å²) in [6.07, 6.45) is 0. The van der Waals surface area contributed by atoms with Crippen LogP contribution in [0.4, 0.5) is 11.4 Å². The molecule has 0 saturated carbocycles. The highest BCUT2D eigenvalue weighted by atomic mass is 16.5. The maximum Gasteiger partial charge on any atom is 0.337 e. The van der Waals surface area contributed by atoms with Crippen molar-refractivity contribution in [1.82, 2.24) is 9.78 Å². The van der Waals surface area contributed by atoms with E-state index < -0.39 is 11.5 Å². The maximum atomic E-state index is 12.9. The standard InChI is InChI=1S/C22H21N3O4/c1-4-25-21(27)20(23-17-12-10-16(11-13-17)22(28)29-3)18(14(2)26)19(24-25)15-8-6-5-7-9-15/h5-13,23H,4H2,1-3H3. The number of nitrogens with one attached hydrogen (secondary N) is 1. The van der Waals surface area contributed by atoms with E-state index in [-0.39, 0.29) is 17.0 Å². The van der Waals surface area contributed by atoms with Gasteiger partial charge in [0.2, 0.25) is 0 Å². The summed E-state index contributed by atoms with van der Waals surface area (Å²) < 4.78 is 6.01. The number of carbonyl (C=O) groups excluding carboxylic acids is 2. The average molecular weight is 391 g/mol. The Morgan fingerprint density at radius 3 is 2.28 bits per heavy atom. The molecule has 0 bridgehead atoms. The molecule has 0 aliphatic carbocycles. The van der Waals surface area contributed by atoms with Crippen LogP contribution in [0.5, 0.6) is 0 Å². The second-order valence-electron chi connectivity index (χ2n) is 6.34. The fourth-order valence-electron chi connectivity index (χ4n) is 2.99. The lowest BCUT2D eigenvalue weighted by Gasteiger charge is -2.16. The molecular formula is C22H21N3O4. The van der Waals surface area contributed by atoms with Gasteiger partial charge in [0.1, 0.15) is 11.4 Å². The minimum absolute atomic E-state index is 0.152. The molecular weight excluding hydrogens is 370 g/mol. The van der Waals surface area contributed by atoms with Crippen molar-refractivity contribution in [2.24, 2.45) is 0 Å². The maximum absolute atomic E-state index is 12.9. The quantitative estimate of drug-likeness (QED) is 0.509. The van der Waals surface area contributed by atoms with Crippen molar-refractivity contribution in [3.8, 4) is 11.3 Å². The molecule has 0 unspecified atom stereocenters. The molecule has 29 heavy (non-hydrogen) atoms. The summed E-state index contributed by atoms with van der Waals surface area (Å²) in [7, 11) is 1.31. The summed E-state index contributed by atoms with van der Waals surface area (Å²) in [6, 6.07) is 15.7.